The van der Waals surface area contributed by atoms with Crippen LogP contribution in [0, 0.1) is 19.8 Å². The predicted octanol–water partition coefficient (Wildman–Crippen LogP) is 1.99. The lowest BCUT2D eigenvalue weighted by Gasteiger charge is -2.39. The number of hydrogen-bond acceptors (Lipinski definition) is 4. The van der Waals surface area contributed by atoms with Gasteiger partial charge in [0.2, 0.25) is 0 Å². The van der Waals surface area contributed by atoms with Crippen LogP contribution in [0.1, 0.15) is 29.6 Å². The number of nitrogens with zero attached hydrogens (tertiary/aromatic N) is 3. The number of hydrogen-bond donors (Lipinski definition) is 0. The number of amides is 1. The van der Waals surface area contributed by atoms with Gasteiger partial charge in [-0.1, -0.05) is 0 Å². The van der Waals surface area contributed by atoms with Crippen molar-refractivity contribution >= 4 is 5.91 Å². The van der Waals surface area contributed by atoms with Crippen LogP contribution in [0.5, 0.6) is 0 Å². The van der Waals surface area contributed by atoms with E-state index in [0.29, 0.717) is 18.9 Å². The second-order valence-corrected chi connectivity index (χ2v) is 6.25. The molecule has 2 aliphatic heterocycles. The van der Waals surface area contributed by atoms with Gasteiger partial charge < -0.3 is 9.64 Å². The van der Waals surface area contributed by atoms with E-state index in [1.165, 1.54) is 4.90 Å². The summed E-state index contributed by atoms with van der Waals surface area (Å²) in [7, 11) is 0. The molecule has 0 aliphatic carbocycles. The molecule has 126 valence electrons. The standard InChI is InChI=1S/C15H18F3N3O2/c1-8-3-9(2)20-13(19-8)10-5-21(6-10)14(22)12-4-11(7-23-12)15(16,17)18/h3,10-12H,4-7H2,1-2H3. The monoisotopic (exact) mass is 329 g/mol. The highest BCUT2D eigenvalue weighted by atomic mass is 19.4. The molecule has 2 unspecified atom stereocenters. The molecule has 3 heterocycles. The average molecular weight is 329 g/mol. The van der Waals surface area contributed by atoms with Crippen LogP contribution in [0.4, 0.5) is 13.2 Å². The number of carbonyl (C=O) groups excluding carboxylic acids is 1. The van der Waals surface area contributed by atoms with Crippen LogP contribution in [-0.2, 0) is 9.53 Å². The molecule has 2 atom stereocenters. The maximum absolute atomic E-state index is 12.6. The van der Waals surface area contributed by atoms with Crippen molar-refractivity contribution in [2.45, 2.75) is 38.5 Å². The maximum atomic E-state index is 12.6. The van der Waals surface area contributed by atoms with E-state index in [-0.39, 0.29) is 18.2 Å². The molecule has 0 spiro atoms. The van der Waals surface area contributed by atoms with Crippen LogP contribution >= 0.6 is 0 Å². The molecule has 0 bridgehead atoms. The Bertz CT molecular complexity index is 594. The summed E-state index contributed by atoms with van der Waals surface area (Å²) in [5.74, 6) is -1.18. The van der Waals surface area contributed by atoms with Crippen LogP contribution in [0.15, 0.2) is 6.07 Å². The summed E-state index contributed by atoms with van der Waals surface area (Å²) in [6.45, 7) is 4.18. The summed E-state index contributed by atoms with van der Waals surface area (Å²) in [5, 5.41) is 0. The molecule has 2 saturated heterocycles. The van der Waals surface area contributed by atoms with Gasteiger partial charge >= 0.3 is 6.18 Å². The van der Waals surface area contributed by atoms with Gasteiger partial charge in [0.25, 0.3) is 5.91 Å². The van der Waals surface area contributed by atoms with Gasteiger partial charge in [0.15, 0.2) is 0 Å². The molecule has 1 aromatic heterocycles. The number of rotatable bonds is 2. The average Bonchev–Trinajstić information content (AvgIpc) is 2.84. The first kappa shape index (κ1) is 16.2. The molecular weight excluding hydrogens is 311 g/mol. The zero-order valence-electron chi connectivity index (χ0n) is 12.9. The van der Waals surface area contributed by atoms with E-state index >= 15 is 0 Å². The molecule has 2 aliphatic rings. The van der Waals surface area contributed by atoms with Crippen molar-refractivity contribution in [2.24, 2.45) is 5.92 Å². The van der Waals surface area contributed by atoms with Crippen molar-refractivity contribution in [3.8, 4) is 0 Å². The minimum atomic E-state index is -4.31. The molecule has 8 heteroatoms. The fraction of sp³-hybridized carbons (Fsp3) is 0.667. The second-order valence-electron chi connectivity index (χ2n) is 6.25. The first-order valence-electron chi connectivity index (χ1n) is 7.53. The van der Waals surface area contributed by atoms with E-state index in [4.69, 9.17) is 4.74 Å². The summed E-state index contributed by atoms with van der Waals surface area (Å²) in [6, 6.07) is 1.87. The Morgan fingerprint density at radius 1 is 1.26 bits per heavy atom. The van der Waals surface area contributed by atoms with E-state index in [1.807, 2.05) is 19.9 Å². The van der Waals surface area contributed by atoms with Gasteiger partial charge in [-0.3, -0.25) is 4.79 Å². The quantitative estimate of drug-likeness (QED) is 0.833. The van der Waals surface area contributed by atoms with Gasteiger partial charge in [-0.15, -0.1) is 0 Å². The Kier molecular flexibility index (Phi) is 4.03. The third-order valence-corrected chi connectivity index (χ3v) is 4.29. The van der Waals surface area contributed by atoms with Crippen molar-refractivity contribution in [2.75, 3.05) is 19.7 Å². The highest BCUT2D eigenvalue weighted by Crippen LogP contribution is 2.36. The van der Waals surface area contributed by atoms with Crippen LogP contribution in [0.2, 0.25) is 0 Å². The minimum absolute atomic E-state index is 0.0392. The molecular formula is C15H18F3N3O2. The Labute approximate surface area is 131 Å². The Balaban J connectivity index is 1.56. The molecule has 5 nitrogen and oxygen atoms in total. The van der Waals surface area contributed by atoms with Crippen molar-refractivity contribution in [3.63, 3.8) is 0 Å². The Morgan fingerprint density at radius 2 is 1.87 bits per heavy atom. The lowest BCUT2D eigenvalue weighted by molar-refractivity contribution is -0.173. The summed E-state index contributed by atoms with van der Waals surface area (Å²) < 4.78 is 42.9. The number of aromatic nitrogens is 2. The number of alkyl halides is 3. The molecule has 0 saturated carbocycles. The van der Waals surface area contributed by atoms with Gasteiger partial charge in [-0.25, -0.2) is 9.97 Å². The third-order valence-electron chi connectivity index (χ3n) is 4.29. The SMILES string of the molecule is Cc1cc(C)nc(C2CN(C(=O)C3CC(C(F)(F)F)CO3)C2)n1. The topological polar surface area (TPSA) is 55.3 Å². The molecule has 0 aromatic carbocycles. The molecule has 1 aromatic rings. The molecule has 0 radical (unpaired) electrons. The summed E-state index contributed by atoms with van der Waals surface area (Å²) in [5.41, 5.74) is 1.73. The molecule has 23 heavy (non-hydrogen) atoms. The van der Waals surface area contributed by atoms with E-state index < -0.39 is 24.8 Å². The first-order valence-corrected chi connectivity index (χ1v) is 7.53. The van der Waals surface area contributed by atoms with Crippen LogP contribution in [0.25, 0.3) is 0 Å². The van der Waals surface area contributed by atoms with Crippen molar-refractivity contribution in [3.05, 3.63) is 23.3 Å². The van der Waals surface area contributed by atoms with Crippen molar-refractivity contribution in [1.82, 2.24) is 14.9 Å². The lowest BCUT2D eigenvalue weighted by atomic mass is 9.96. The van der Waals surface area contributed by atoms with Gasteiger partial charge in [0.05, 0.1) is 18.4 Å². The summed E-state index contributed by atoms with van der Waals surface area (Å²) in [4.78, 5) is 22.5. The van der Waals surface area contributed by atoms with Crippen LogP contribution in [-0.4, -0.2) is 52.8 Å². The van der Waals surface area contributed by atoms with E-state index in [9.17, 15) is 18.0 Å². The maximum Gasteiger partial charge on any atom is 0.394 e. The number of carbonyl (C=O) groups is 1. The first-order chi connectivity index (χ1) is 10.7. The lowest BCUT2D eigenvalue weighted by Crippen LogP contribution is -2.52. The molecule has 2 fully saturated rings. The fourth-order valence-corrected chi connectivity index (χ4v) is 2.99. The van der Waals surface area contributed by atoms with Gasteiger partial charge in [0.1, 0.15) is 11.9 Å². The number of likely N-dealkylation sites (tertiary alicyclic amines) is 1. The highest BCUT2D eigenvalue weighted by molar-refractivity contribution is 5.82. The van der Waals surface area contributed by atoms with Gasteiger partial charge in [0, 0.05) is 24.5 Å². The minimum Gasteiger partial charge on any atom is -0.368 e. The van der Waals surface area contributed by atoms with Crippen molar-refractivity contribution in [1.29, 1.82) is 0 Å². The zero-order chi connectivity index (χ0) is 16.8. The second kappa shape index (κ2) is 5.74. The molecule has 3 rings (SSSR count). The normalized spacial score (nSPS) is 25.5. The van der Waals surface area contributed by atoms with Gasteiger partial charge in [-0.2, -0.15) is 13.2 Å². The van der Waals surface area contributed by atoms with Crippen LogP contribution < -0.4 is 0 Å². The van der Waals surface area contributed by atoms with E-state index in [1.54, 1.807) is 0 Å². The number of halogens is 3. The number of ether oxygens (including phenoxy) is 1. The van der Waals surface area contributed by atoms with Crippen LogP contribution in [0.3, 0.4) is 0 Å². The fourth-order valence-electron chi connectivity index (χ4n) is 2.99. The third kappa shape index (κ3) is 3.31. The van der Waals surface area contributed by atoms with E-state index in [0.717, 1.165) is 11.4 Å². The Hall–Kier alpha value is -1.70. The highest BCUT2D eigenvalue weighted by Gasteiger charge is 2.48. The molecule has 0 N–H and O–H groups in total. The summed E-state index contributed by atoms with van der Waals surface area (Å²) >= 11 is 0. The zero-order valence-corrected chi connectivity index (χ0v) is 12.9. The van der Waals surface area contributed by atoms with Gasteiger partial charge in [-0.05, 0) is 26.3 Å². The molecule has 1 amide bonds. The smallest absolute Gasteiger partial charge is 0.368 e. The largest absolute Gasteiger partial charge is 0.394 e. The van der Waals surface area contributed by atoms with Crippen molar-refractivity contribution < 1.29 is 22.7 Å². The Morgan fingerprint density at radius 3 is 2.39 bits per heavy atom. The van der Waals surface area contributed by atoms with E-state index in [2.05, 4.69) is 9.97 Å². The predicted molar refractivity (Wildman–Crippen MR) is 74.7 cm³/mol. The summed E-state index contributed by atoms with van der Waals surface area (Å²) in [6.07, 6.45) is -5.58. The number of aryl methyl sites for hydroxylation is 2.